The first kappa shape index (κ1) is 17.5. The van der Waals surface area contributed by atoms with E-state index in [2.05, 4.69) is 10.5 Å². The number of benzene rings is 1. The smallest absolute Gasteiger partial charge is 0.264 e. The van der Waals surface area contributed by atoms with E-state index in [4.69, 9.17) is 21.2 Å². The first-order chi connectivity index (χ1) is 12.1. The summed E-state index contributed by atoms with van der Waals surface area (Å²) in [5.74, 6) is 0.220. The highest BCUT2D eigenvalue weighted by Crippen LogP contribution is 2.27. The lowest BCUT2D eigenvalue weighted by atomic mass is 10.0. The molecule has 1 atom stereocenters. The Morgan fingerprint density at radius 2 is 2.16 bits per heavy atom. The van der Waals surface area contributed by atoms with Gasteiger partial charge in [0.05, 0.1) is 24.4 Å². The Labute approximate surface area is 150 Å². The first-order valence-corrected chi connectivity index (χ1v) is 8.58. The number of nitrogens with zero attached hydrogens (tertiary/aromatic N) is 2. The van der Waals surface area contributed by atoms with Gasteiger partial charge in [-0.15, -0.1) is 0 Å². The Kier molecular flexibility index (Phi) is 5.43. The van der Waals surface area contributed by atoms with Crippen LogP contribution in [0.15, 0.2) is 23.4 Å². The van der Waals surface area contributed by atoms with E-state index in [1.165, 1.54) is 0 Å². The van der Waals surface area contributed by atoms with Gasteiger partial charge in [-0.05, 0) is 31.0 Å². The Bertz CT molecular complexity index is 701. The van der Waals surface area contributed by atoms with Crippen molar-refractivity contribution in [1.29, 1.82) is 0 Å². The largest absolute Gasteiger partial charge is 0.497 e. The minimum absolute atomic E-state index is 0.0199. The topological polar surface area (TPSA) is 80.2 Å². The molecule has 0 radical (unpaired) electrons. The van der Waals surface area contributed by atoms with E-state index in [1.807, 2.05) is 0 Å². The molecule has 0 aromatic heterocycles. The van der Waals surface area contributed by atoms with Gasteiger partial charge in [0, 0.05) is 25.1 Å². The predicted octanol–water partition coefficient (Wildman–Crippen LogP) is 1.58. The molecule has 2 aliphatic rings. The minimum Gasteiger partial charge on any atom is -0.497 e. The number of oxime groups is 1. The van der Waals surface area contributed by atoms with E-state index in [-0.39, 0.29) is 24.8 Å². The lowest BCUT2D eigenvalue weighted by Crippen LogP contribution is -2.42. The third-order valence-electron chi connectivity index (χ3n) is 4.32. The van der Waals surface area contributed by atoms with Crippen molar-refractivity contribution < 1.29 is 19.2 Å². The monoisotopic (exact) mass is 365 g/mol. The van der Waals surface area contributed by atoms with Crippen LogP contribution < -0.4 is 10.1 Å². The molecule has 0 aliphatic carbocycles. The van der Waals surface area contributed by atoms with Crippen molar-refractivity contribution in [3.05, 3.63) is 28.8 Å². The highest BCUT2D eigenvalue weighted by atomic mass is 35.5. The number of rotatable bonds is 5. The molecule has 0 unspecified atom stereocenters. The Morgan fingerprint density at radius 3 is 2.88 bits per heavy atom. The molecule has 3 rings (SSSR count). The molecule has 0 saturated carbocycles. The summed E-state index contributed by atoms with van der Waals surface area (Å²) in [5, 5.41) is 7.10. The maximum Gasteiger partial charge on any atom is 0.264 e. The molecule has 2 amide bonds. The van der Waals surface area contributed by atoms with E-state index in [0.29, 0.717) is 22.0 Å². The fraction of sp³-hybridized carbons (Fsp3) is 0.471. The fourth-order valence-electron chi connectivity index (χ4n) is 2.88. The molecule has 1 aromatic rings. The second kappa shape index (κ2) is 7.74. The summed E-state index contributed by atoms with van der Waals surface area (Å²) in [5.41, 5.74) is 1.25. The molecular formula is C17H20ClN3O4. The lowest BCUT2D eigenvalue weighted by Gasteiger charge is -2.16. The molecule has 1 fully saturated rings. The molecular weight excluding hydrogens is 346 g/mol. The van der Waals surface area contributed by atoms with Crippen LogP contribution in [0.25, 0.3) is 0 Å². The zero-order valence-electron chi connectivity index (χ0n) is 14.0. The van der Waals surface area contributed by atoms with E-state index in [0.717, 1.165) is 25.9 Å². The number of carbonyl (C=O) groups is 2. The van der Waals surface area contributed by atoms with Gasteiger partial charge in [0.15, 0.2) is 0 Å². The van der Waals surface area contributed by atoms with Gasteiger partial charge in [-0.25, -0.2) is 0 Å². The van der Waals surface area contributed by atoms with Crippen molar-refractivity contribution in [3.8, 4) is 5.75 Å². The number of amides is 2. The molecule has 1 saturated heterocycles. The number of hydrogen-bond donors (Lipinski definition) is 1. The second-order valence-corrected chi connectivity index (χ2v) is 6.39. The fourth-order valence-corrected chi connectivity index (χ4v) is 3.11. The molecule has 2 aliphatic heterocycles. The molecule has 0 bridgehead atoms. The van der Waals surface area contributed by atoms with Crippen molar-refractivity contribution in [3.63, 3.8) is 0 Å². The minimum atomic E-state index is -0.761. The number of carbonyl (C=O) groups excluding carboxylic acids is 2. The standard InChI is InChI=1S/C17H20ClN3O4/c1-24-11-4-5-13(18)12(8-11)14-9-15(25-20-14)17(23)19-10-16(22)21-6-2-3-7-21/h4-5,8,15H,2-3,6-7,9-10H2,1H3,(H,19,23)/t15-/m0/s1. The van der Waals surface area contributed by atoms with Crippen LogP contribution in [0.3, 0.4) is 0 Å². The van der Waals surface area contributed by atoms with Gasteiger partial charge in [0.1, 0.15) is 5.75 Å². The van der Waals surface area contributed by atoms with E-state index < -0.39 is 6.10 Å². The van der Waals surface area contributed by atoms with Crippen LogP contribution in [0.4, 0.5) is 0 Å². The van der Waals surface area contributed by atoms with E-state index >= 15 is 0 Å². The Hall–Kier alpha value is -2.28. The number of halogens is 1. The maximum atomic E-state index is 12.2. The Morgan fingerprint density at radius 1 is 1.40 bits per heavy atom. The lowest BCUT2D eigenvalue weighted by molar-refractivity contribution is -0.136. The van der Waals surface area contributed by atoms with Gasteiger partial charge >= 0.3 is 0 Å². The van der Waals surface area contributed by atoms with Crippen molar-refractivity contribution >= 4 is 29.1 Å². The zero-order chi connectivity index (χ0) is 17.8. The molecule has 7 nitrogen and oxygen atoms in total. The summed E-state index contributed by atoms with van der Waals surface area (Å²) in [6.45, 7) is 1.50. The molecule has 1 aromatic carbocycles. The summed E-state index contributed by atoms with van der Waals surface area (Å²) in [6.07, 6.45) is 1.56. The summed E-state index contributed by atoms with van der Waals surface area (Å²) < 4.78 is 5.18. The summed E-state index contributed by atoms with van der Waals surface area (Å²) in [6, 6.07) is 5.21. The Balaban J connectivity index is 1.54. The number of methoxy groups -OCH3 is 1. The average Bonchev–Trinajstić information content (AvgIpc) is 3.31. The van der Waals surface area contributed by atoms with Gasteiger partial charge in [-0.2, -0.15) is 0 Å². The molecule has 134 valence electrons. The highest BCUT2D eigenvalue weighted by Gasteiger charge is 2.30. The summed E-state index contributed by atoms with van der Waals surface area (Å²) >= 11 is 6.19. The number of ether oxygens (including phenoxy) is 1. The first-order valence-electron chi connectivity index (χ1n) is 8.20. The van der Waals surface area contributed by atoms with Gasteiger partial charge in [0.25, 0.3) is 5.91 Å². The van der Waals surface area contributed by atoms with Crippen molar-refractivity contribution in [2.75, 3.05) is 26.7 Å². The number of nitrogens with one attached hydrogen (secondary N) is 1. The summed E-state index contributed by atoms with van der Waals surface area (Å²) in [7, 11) is 1.56. The van der Waals surface area contributed by atoms with Gasteiger partial charge < -0.3 is 19.8 Å². The third kappa shape index (κ3) is 4.04. The highest BCUT2D eigenvalue weighted by molar-refractivity contribution is 6.34. The molecule has 1 N–H and O–H groups in total. The quantitative estimate of drug-likeness (QED) is 0.859. The van der Waals surface area contributed by atoms with Crippen molar-refractivity contribution in [1.82, 2.24) is 10.2 Å². The SMILES string of the molecule is COc1ccc(Cl)c(C2=NO[C@H](C(=O)NCC(=O)N3CCCC3)C2)c1. The molecule has 8 heteroatoms. The van der Waals surface area contributed by atoms with Crippen molar-refractivity contribution in [2.45, 2.75) is 25.4 Å². The third-order valence-corrected chi connectivity index (χ3v) is 4.65. The molecule has 2 heterocycles. The van der Waals surface area contributed by atoms with Crippen molar-refractivity contribution in [2.24, 2.45) is 5.16 Å². The average molecular weight is 366 g/mol. The van der Waals surface area contributed by atoms with E-state index in [1.54, 1.807) is 30.2 Å². The zero-order valence-corrected chi connectivity index (χ0v) is 14.7. The van der Waals surface area contributed by atoms with Gasteiger partial charge in [-0.3, -0.25) is 9.59 Å². The van der Waals surface area contributed by atoms with E-state index in [9.17, 15) is 9.59 Å². The van der Waals surface area contributed by atoms with Gasteiger partial charge in [-0.1, -0.05) is 16.8 Å². The van der Waals surface area contributed by atoms with Crippen LogP contribution in [-0.2, 0) is 14.4 Å². The molecule has 0 spiro atoms. The van der Waals surface area contributed by atoms with Crippen LogP contribution in [0, 0.1) is 0 Å². The van der Waals surface area contributed by atoms with Gasteiger partial charge in [0.2, 0.25) is 12.0 Å². The maximum absolute atomic E-state index is 12.2. The van der Waals surface area contributed by atoms with Crippen LogP contribution in [0.2, 0.25) is 5.02 Å². The molecule has 25 heavy (non-hydrogen) atoms. The van der Waals surface area contributed by atoms with Crippen LogP contribution in [0.5, 0.6) is 5.75 Å². The van der Waals surface area contributed by atoms with Crippen LogP contribution in [0.1, 0.15) is 24.8 Å². The number of hydrogen-bond acceptors (Lipinski definition) is 5. The summed E-state index contributed by atoms with van der Waals surface area (Å²) in [4.78, 5) is 31.2. The number of likely N-dealkylation sites (tertiary alicyclic amines) is 1. The van der Waals surface area contributed by atoms with Crippen LogP contribution in [-0.4, -0.2) is 55.3 Å². The normalized spacial score (nSPS) is 19.4. The van der Waals surface area contributed by atoms with Crippen LogP contribution >= 0.6 is 11.6 Å². The second-order valence-electron chi connectivity index (χ2n) is 5.99. The predicted molar refractivity (Wildman–Crippen MR) is 92.9 cm³/mol.